The van der Waals surface area contributed by atoms with Crippen molar-refractivity contribution in [3.63, 3.8) is 0 Å². The van der Waals surface area contributed by atoms with Crippen LogP contribution in [0.4, 0.5) is 0 Å². The molecule has 0 aromatic rings. The summed E-state index contributed by atoms with van der Waals surface area (Å²) in [5.41, 5.74) is 0. The van der Waals surface area contributed by atoms with E-state index in [1.54, 1.807) is 0 Å². The lowest BCUT2D eigenvalue weighted by molar-refractivity contribution is -0.161. The van der Waals surface area contributed by atoms with Gasteiger partial charge in [-0.15, -0.1) is 0 Å². The van der Waals surface area contributed by atoms with E-state index in [4.69, 9.17) is 32.3 Å². The molecule has 0 aromatic carbocycles. The maximum atomic E-state index is 12.9. The zero-order valence-corrected chi connectivity index (χ0v) is 65.9. The number of phosphoric acid groups is 2. The maximum absolute atomic E-state index is 12.9. The van der Waals surface area contributed by atoms with Crippen LogP contribution in [0, 0.1) is 0 Å². The Bertz CT molecular complexity index is 2220. The maximum Gasteiger partial charge on any atom is 0.472 e. The average molecular weight is 1460 g/mol. The number of carbonyl (C=O) groups excluding carboxylic acids is 3. The molecule has 0 saturated heterocycles. The minimum atomic E-state index is -4.93. The van der Waals surface area contributed by atoms with Crippen molar-refractivity contribution in [1.29, 1.82) is 0 Å². The lowest BCUT2D eigenvalue weighted by Crippen LogP contribution is -2.30. The van der Waals surface area contributed by atoms with Gasteiger partial charge in [-0.25, -0.2) is 9.13 Å². The molecule has 0 bridgehead atoms. The van der Waals surface area contributed by atoms with Crippen LogP contribution in [-0.4, -0.2) is 95.9 Å². The molecule has 5 atom stereocenters. The molecule has 0 radical (unpaired) electrons. The van der Waals surface area contributed by atoms with E-state index in [2.05, 4.69) is 118 Å². The van der Waals surface area contributed by atoms with Gasteiger partial charge in [-0.2, -0.15) is 0 Å². The average Bonchev–Trinajstić information content (AvgIpc) is 1.74. The Balaban J connectivity index is 4.35. The van der Waals surface area contributed by atoms with Crippen molar-refractivity contribution >= 4 is 33.6 Å². The number of aliphatic hydroxyl groups excluding tert-OH is 2. The molecule has 16 nitrogen and oxygen atoms in total. The van der Waals surface area contributed by atoms with Gasteiger partial charge in [0.1, 0.15) is 25.4 Å². The highest BCUT2D eigenvalue weighted by molar-refractivity contribution is 7.47. The second kappa shape index (κ2) is 76.1. The highest BCUT2D eigenvalue weighted by atomic mass is 31.2. The van der Waals surface area contributed by atoms with Gasteiger partial charge in [0.15, 0.2) is 6.10 Å². The van der Waals surface area contributed by atoms with Crippen LogP contribution in [0.5, 0.6) is 0 Å². The quantitative estimate of drug-likeness (QED) is 0.0146. The lowest BCUT2D eigenvalue weighted by atomic mass is 10.0. The Morgan fingerprint density at radius 1 is 0.277 bits per heavy atom. The highest BCUT2D eigenvalue weighted by Gasteiger charge is 2.29. The molecule has 0 aliphatic rings. The molecule has 586 valence electrons. The van der Waals surface area contributed by atoms with E-state index in [0.717, 1.165) is 128 Å². The summed E-state index contributed by atoms with van der Waals surface area (Å²) in [7, 11) is -9.79. The van der Waals surface area contributed by atoms with Crippen LogP contribution >= 0.6 is 15.6 Å². The van der Waals surface area contributed by atoms with E-state index in [-0.39, 0.29) is 19.3 Å². The summed E-state index contributed by atoms with van der Waals surface area (Å²) in [6, 6.07) is 0. The molecule has 0 aromatic heterocycles. The van der Waals surface area contributed by atoms with E-state index < -0.39 is 91.5 Å². The molecular weight excluding hydrogens is 1310 g/mol. The Hall–Kier alpha value is -3.53. The van der Waals surface area contributed by atoms with Crippen LogP contribution in [-0.2, 0) is 55.8 Å². The molecule has 0 aliphatic heterocycles. The monoisotopic (exact) mass is 1460 g/mol. The van der Waals surface area contributed by atoms with E-state index in [1.165, 1.54) is 167 Å². The van der Waals surface area contributed by atoms with E-state index in [0.29, 0.717) is 19.3 Å². The third kappa shape index (κ3) is 77.4. The van der Waals surface area contributed by atoms with Crippen molar-refractivity contribution in [2.75, 3.05) is 39.6 Å². The Kier molecular flexibility index (Phi) is 73.5. The number of esters is 3. The summed E-state index contributed by atoms with van der Waals surface area (Å²) in [6.45, 7) is 2.60. The van der Waals surface area contributed by atoms with E-state index >= 15 is 0 Å². The van der Waals surface area contributed by atoms with Crippen LogP contribution < -0.4 is 0 Å². The summed E-state index contributed by atoms with van der Waals surface area (Å²) in [5.74, 6) is -1.59. The van der Waals surface area contributed by atoms with Crippen LogP contribution in [0.15, 0.2) is 97.2 Å². The molecule has 0 fully saturated rings. The second-order valence-corrected chi connectivity index (χ2v) is 30.1. The van der Waals surface area contributed by atoms with Gasteiger partial charge in [0.05, 0.1) is 26.4 Å². The van der Waals surface area contributed by atoms with Crippen molar-refractivity contribution in [2.45, 2.75) is 373 Å². The predicted molar refractivity (Wildman–Crippen MR) is 417 cm³/mol. The first-order valence-corrected chi connectivity index (χ1v) is 43.5. The molecule has 101 heavy (non-hydrogen) atoms. The summed E-state index contributed by atoms with van der Waals surface area (Å²) in [4.78, 5) is 58.5. The number of carbonyl (C=O) groups is 3. The van der Waals surface area contributed by atoms with Crippen molar-refractivity contribution in [3.05, 3.63) is 97.2 Å². The zero-order valence-electron chi connectivity index (χ0n) is 64.1. The number of hydrogen-bond donors (Lipinski definition) is 4. The zero-order chi connectivity index (χ0) is 73.7. The first kappa shape index (κ1) is 97.5. The van der Waals surface area contributed by atoms with Gasteiger partial charge < -0.3 is 34.2 Å². The number of ether oxygens (including phenoxy) is 3. The van der Waals surface area contributed by atoms with Crippen LogP contribution in [0.25, 0.3) is 0 Å². The van der Waals surface area contributed by atoms with Crippen molar-refractivity contribution in [1.82, 2.24) is 0 Å². The molecule has 0 spiro atoms. The minimum Gasteiger partial charge on any atom is -0.463 e. The third-order valence-electron chi connectivity index (χ3n) is 17.3. The highest BCUT2D eigenvalue weighted by Crippen LogP contribution is 2.45. The van der Waals surface area contributed by atoms with Crippen molar-refractivity contribution < 1.29 is 75.8 Å². The predicted octanol–water partition coefficient (Wildman–Crippen LogP) is 23.8. The van der Waals surface area contributed by atoms with Crippen LogP contribution in [0.3, 0.4) is 0 Å². The first-order valence-electron chi connectivity index (χ1n) is 40.5. The Labute approximate surface area is 616 Å². The fourth-order valence-corrected chi connectivity index (χ4v) is 12.6. The van der Waals surface area contributed by atoms with E-state index in [9.17, 15) is 43.5 Å². The molecule has 0 heterocycles. The Morgan fingerprint density at radius 2 is 0.495 bits per heavy atom. The molecule has 5 unspecified atom stereocenters. The standard InChI is InChI=1S/C83H148O16P2/c1-4-7-10-13-16-19-22-25-28-29-30-31-32-33-34-35-36-37-38-39-40-41-42-43-44-45-46-47-50-52-54-57-60-63-66-69-81(86)93-72-78(84)73-95-100(89,90)96-74-79(85)75-97-101(91,92)98-77-80(99-83(88)71-68-65-62-59-56-53-49-27-24-21-18-15-12-9-6-3)76-94-82(87)70-67-64-61-58-55-51-48-26-23-20-17-14-11-8-5-2/h16-21,25-28,30-31,33-34,48-49,78-80,84-85H,4-15,22-24,29,32,35-47,50-77H2,1-3H3,(H,89,90)(H,91,92)/b19-16-,20-17-,21-18-,28-25-,31-30-,34-33-,48-26-,49-27-. The van der Waals surface area contributed by atoms with Gasteiger partial charge >= 0.3 is 33.6 Å². The van der Waals surface area contributed by atoms with Gasteiger partial charge in [-0.05, 0) is 128 Å². The normalized spacial score (nSPS) is 14.5. The number of hydrogen-bond acceptors (Lipinski definition) is 14. The van der Waals surface area contributed by atoms with Gasteiger partial charge in [0, 0.05) is 19.3 Å². The minimum absolute atomic E-state index is 0.0864. The molecule has 0 saturated carbocycles. The molecule has 0 rings (SSSR count). The summed E-state index contributed by atoms with van der Waals surface area (Å²) in [6.07, 6.45) is 87.7. The number of phosphoric ester groups is 2. The lowest BCUT2D eigenvalue weighted by Gasteiger charge is -2.21. The molecule has 0 amide bonds. The molecule has 4 N–H and O–H groups in total. The SMILES string of the molecule is CCCCC/C=C\C/C=C\C/C=C\C/C=C\CCCCCCCCCCCCCCCCCCCCCC(=O)OCC(O)COP(=O)(O)OCC(O)COP(=O)(O)OCC(COC(=O)CCCCCCC/C=C\C/C=C\CCCCC)OC(=O)CCCCCCC/C=C\C/C=C\CCCCC. The van der Waals surface area contributed by atoms with Crippen LogP contribution in [0.1, 0.15) is 355 Å². The molecule has 18 heteroatoms. The topological polar surface area (TPSA) is 231 Å². The van der Waals surface area contributed by atoms with Gasteiger partial charge in [-0.3, -0.25) is 32.5 Å². The number of unbranched alkanes of at least 4 members (excludes halogenated alkanes) is 38. The third-order valence-corrected chi connectivity index (χ3v) is 19.2. The van der Waals surface area contributed by atoms with Crippen LogP contribution in [0.2, 0.25) is 0 Å². The fraction of sp³-hybridized carbons (Fsp3) is 0.771. The number of rotatable bonds is 77. The summed E-state index contributed by atoms with van der Waals surface area (Å²) < 4.78 is 61.1. The van der Waals surface area contributed by atoms with Gasteiger partial charge in [-0.1, -0.05) is 304 Å². The number of allylic oxidation sites excluding steroid dienone is 16. The largest absolute Gasteiger partial charge is 0.472 e. The van der Waals surface area contributed by atoms with Crippen molar-refractivity contribution in [3.8, 4) is 0 Å². The van der Waals surface area contributed by atoms with Gasteiger partial charge in [0.25, 0.3) is 0 Å². The second-order valence-electron chi connectivity index (χ2n) is 27.2. The summed E-state index contributed by atoms with van der Waals surface area (Å²) >= 11 is 0. The first-order chi connectivity index (χ1) is 49.2. The molecule has 0 aliphatic carbocycles. The van der Waals surface area contributed by atoms with E-state index in [1.807, 2.05) is 0 Å². The molecular formula is C83H148O16P2. The summed E-state index contributed by atoms with van der Waals surface area (Å²) in [5, 5.41) is 20.6. The fourth-order valence-electron chi connectivity index (χ4n) is 11.0. The van der Waals surface area contributed by atoms with Crippen molar-refractivity contribution in [2.24, 2.45) is 0 Å². The smallest absolute Gasteiger partial charge is 0.463 e. The number of aliphatic hydroxyl groups is 2. The van der Waals surface area contributed by atoms with Gasteiger partial charge in [0.2, 0.25) is 0 Å². The Morgan fingerprint density at radius 3 is 0.782 bits per heavy atom.